The first-order valence-corrected chi connectivity index (χ1v) is 8.02. The number of pyridine rings is 1. The zero-order chi connectivity index (χ0) is 17.8. The number of carbonyl (C=O) groups excluding carboxylic acids is 1. The molecule has 1 atom stereocenters. The van der Waals surface area contributed by atoms with Crippen molar-refractivity contribution in [3.8, 4) is 0 Å². The lowest BCUT2D eigenvalue weighted by atomic mass is 10.1. The molecule has 1 spiro atoms. The first kappa shape index (κ1) is 15.4. The summed E-state index contributed by atoms with van der Waals surface area (Å²) in [6.45, 7) is 3.82. The number of carbonyl (C=O) groups is 1. The molecule has 0 saturated heterocycles. The normalized spacial score (nSPS) is 21.2. The Balaban J connectivity index is 1.88. The Morgan fingerprint density at radius 3 is 2.76 bits per heavy atom. The quantitative estimate of drug-likeness (QED) is 0.713. The van der Waals surface area contributed by atoms with Crippen LogP contribution in [0.15, 0.2) is 34.9 Å². The number of rotatable bonds is 2. The maximum absolute atomic E-state index is 13.1. The smallest absolute Gasteiger partial charge is 0.277 e. The van der Waals surface area contributed by atoms with Gasteiger partial charge in [0, 0.05) is 6.07 Å². The van der Waals surface area contributed by atoms with E-state index in [2.05, 4.69) is 20.6 Å². The van der Waals surface area contributed by atoms with Crippen LogP contribution in [0.4, 0.5) is 17.3 Å². The molecule has 128 valence electrons. The minimum atomic E-state index is -0.777. The molecule has 1 aliphatic heterocycles. The van der Waals surface area contributed by atoms with E-state index in [0.29, 0.717) is 29.4 Å². The van der Waals surface area contributed by atoms with Crippen molar-refractivity contribution < 1.29 is 4.79 Å². The molecule has 3 heterocycles. The van der Waals surface area contributed by atoms with Gasteiger partial charge in [-0.3, -0.25) is 14.2 Å². The molecule has 1 amide bonds. The molecule has 2 aromatic rings. The van der Waals surface area contributed by atoms with Crippen LogP contribution in [0.1, 0.15) is 35.8 Å². The highest BCUT2D eigenvalue weighted by Gasteiger charge is 2.45. The zero-order valence-corrected chi connectivity index (χ0v) is 14.0. The summed E-state index contributed by atoms with van der Waals surface area (Å²) in [4.78, 5) is 33.5. The number of hydrogen-bond acceptors (Lipinski definition) is 6. The molecule has 2 aliphatic rings. The highest BCUT2D eigenvalue weighted by Crippen LogP contribution is 2.37. The number of nitrogens with two attached hydrogens (primary N) is 1. The van der Waals surface area contributed by atoms with Crippen LogP contribution in [0.5, 0.6) is 0 Å². The van der Waals surface area contributed by atoms with E-state index in [-0.39, 0.29) is 11.5 Å². The van der Waals surface area contributed by atoms with Crippen LogP contribution < -0.4 is 21.9 Å². The molecule has 8 nitrogen and oxygen atoms in total. The Morgan fingerprint density at radius 2 is 2.08 bits per heavy atom. The van der Waals surface area contributed by atoms with Gasteiger partial charge in [-0.25, -0.2) is 9.97 Å². The number of aromatic nitrogens is 3. The number of nitrogens with zero attached hydrogens (tertiary/aromatic N) is 3. The minimum Gasteiger partial charge on any atom is -0.384 e. The summed E-state index contributed by atoms with van der Waals surface area (Å²) < 4.78 is 1.56. The second-order valence-electron chi connectivity index (χ2n) is 6.55. The van der Waals surface area contributed by atoms with Crippen LogP contribution >= 0.6 is 0 Å². The molecule has 0 aromatic carbocycles. The van der Waals surface area contributed by atoms with Gasteiger partial charge in [0.15, 0.2) is 0 Å². The van der Waals surface area contributed by atoms with Crippen molar-refractivity contribution in [2.24, 2.45) is 0 Å². The second kappa shape index (κ2) is 5.17. The number of allylic oxidation sites excluding steroid dienone is 1. The third-order valence-corrected chi connectivity index (χ3v) is 4.67. The molecule has 25 heavy (non-hydrogen) atoms. The molecule has 0 saturated carbocycles. The van der Waals surface area contributed by atoms with E-state index in [1.807, 2.05) is 19.9 Å². The first-order valence-electron chi connectivity index (χ1n) is 8.02. The molecule has 8 heteroatoms. The van der Waals surface area contributed by atoms with E-state index in [1.54, 1.807) is 16.7 Å². The van der Waals surface area contributed by atoms with Crippen molar-refractivity contribution in [3.63, 3.8) is 0 Å². The molecule has 0 bridgehead atoms. The highest BCUT2D eigenvalue weighted by molar-refractivity contribution is 5.97. The van der Waals surface area contributed by atoms with E-state index >= 15 is 0 Å². The molecule has 2 aromatic heterocycles. The number of amides is 1. The standard InChI is InChI=1S/C17H18N6O2/c1-9-3-4-17(7-9)22-15(24)14-10(2)5-11(16(25)23(14)17)21-13-6-12(18)19-8-20-13/h5-8H,3-4H2,1-2H3,(H,22,24)(H3,18,19,20,21). The SMILES string of the molecule is CC1=CC2(CC1)NC(=O)c1c(C)cc(Nc3cc(N)ncn3)c(=O)n12. The molecule has 0 radical (unpaired) electrons. The molecule has 4 rings (SSSR count). The predicted octanol–water partition coefficient (Wildman–Crippen LogP) is 1.41. The van der Waals surface area contributed by atoms with E-state index in [4.69, 9.17) is 5.73 Å². The summed E-state index contributed by atoms with van der Waals surface area (Å²) in [6, 6.07) is 3.21. The molecule has 1 unspecified atom stereocenters. The van der Waals surface area contributed by atoms with Crippen LogP contribution in [-0.2, 0) is 5.66 Å². The summed E-state index contributed by atoms with van der Waals surface area (Å²) in [5.74, 6) is 0.505. The van der Waals surface area contributed by atoms with Crippen LogP contribution in [0, 0.1) is 6.92 Å². The fourth-order valence-corrected chi connectivity index (χ4v) is 3.60. The predicted molar refractivity (Wildman–Crippen MR) is 93.6 cm³/mol. The molecule has 1 aliphatic carbocycles. The maximum Gasteiger partial charge on any atom is 0.277 e. The Hall–Kier alpha value is -3.16. The topological polar surface area (TPSA) is 115 Å². The van der Waals surface area contributed by atoms with Crippen molar-refractivity contribution in [2.45, 2.75) is 32.4 Å². The van der Waals surface area contributed by atoms with Crippen molar-refractivity contribution in [3.05, 3.63) is 51.7 Å². The van der Waals surface area contributed by atoms with Crippen LogP contribution in [0.25, 0.3) is 0 Å². The lowest BCUT2D eigenvalue weighted by Gasteiger charge is -2.25. The number of anilines is 3. The molecular weight excluding hydrogens is 320 g/mol. The van der Waals surface area contributed by atoms with E-state index in [0.717, 1.165) is 17.6 Å². The lowest BCUT2D eigenvalue weighted by molar-refractivity contribution is 0.0937. The monoisotopic (exact) mass is 338 g/mol. The van der Waals surface area contributed by atoms with Crippen molar-refractivity contribution in [1.82, 2.24) is 19.9 Å². The van der Waals surface area contributed by atoms with Gasteiger partial charge in [0.2, 0.25) is 0 Å². The Kier molecular flexibility index (Phi) is 3.18. The largest absolute Gasteiger partial charge is 0.384 e. The van der Waals surface area contributed by atoms with Crippen molar-refractivity contribution in [1.29, 1.82) is 0 Å². The van der Waals surface area contributed by atoms with Crippen molar-refractivity contribution in [2.75, 3.05) is 11.1 Å². The number of nitrogen functional groups attached to an aromatic ring is 1. The van der Waals surface area contributed by atoms with Gasteiger partial charge in [0.05, 0.1) is 0 Å². The Morgan fingerprint density at radius 1 is 1.28 bits per heavy atom. The van der Waals surface area contributed by atoms with Crippen LogP contribution in [-0.4, -0.2) is 20.4 Å². The van der Waals surface area contributed by atoms with Gasteiger partial charge in [0.1, 0.15) is 35.0 Å². The third kappa shape index (κ3) is 2.29. The Labute approximate surface area is 143 Å². The number of aryl methyl sites for hydroxylation is 1. The van der Waals surface area contributed by atoms with E-state index in [1.165, 1.54) is 6.33 Å². The van der Waals surface area contributed by atoms with Crippen molar-refractivity contribution >= 4 is 23.2 Å². The summed E-state index contributed by atoms with van der Waals surface area (Å²) in [6.07, 6.45) is 4.80. The average molecular weight is 338 g/mol. The fraction of sp³-hybridized carbons (Fsp3) is 0.294. The fourth-order valence-electron chi connectivity index (χ4n) is 3.60. The molecule has 4 N–H and O–H groups in total. The summed E-state index contributed by atoms with van der Waals surface area (Å²) in [7, 11) is 0. The van der Waals surface area contributed by atoms with Gasteiger partial charge in [-0.05, 0) is 44.4 Å². The molecular formula is C17H18N6O2. The summed E-state index contributed by atoms with van der Waals surface area (Å²) in [5.41, 5.74) is 7.23. The molecule has 0 fully saturated rings. The van der Waals surface area contributed by atoms with Gasteiger partial charge in [-0.1, -0.05) is 5.57 Å². The van der Waals surface area contributed by atoms with Crippen LogP contribution in [0.2, 0.25) is 0 Å². The number of fused-ring (bicyclic) bond motifs is 2. The lowest BCUT2D eigenvalue weighted by Crippen LogP contribution is -2.44. The van der Waals surface area contributed by atoms with Gasteiger partial charge < -0.3 is 16.4 Å². The number of hydrogen-bond donors (Lipinski definition) is 3. The van der Waals surface area contributed by atoms with Gasteiger partial charge in [0.25, 0.3) is 11.5 Å². The number of nitrogens with one attached hydrogen (secondary N) is 2. The van der Waals surface area contributed by atoms with Gasteiger partial charge >= 0.3 is 0 Å². The second-order valence-corrected chi connectivity index (χ2v) is 6.55. The summed E-state index contributed by atoms with van der Waals surface area (Å²) in [5, 5.41) is 5.97. The van der Waals surface area contributed by atoms with E-state index in [9.17, 15) is 9.59 Å². The maximum atomic E-state index is 13.1. The average Bonchev–Trinajstić information content (AvgIpc) is 3.05. The zero-order valence-electron chi connectivity index (χ0n) is 14.0. The summed E-state index contributed by atoms with van der Waals surface area (Å²) >= 11 is 0. The van der Waals surface area contributed by atoms with Gasteiger partial charge in [-0.2, -0.15) is 0 Å². The highest BCUT2D eigenvalue weighted by atomic mass is 16.2. The minimum absolute atomic E-state index is 0.224. The van der Waals surface area contributed by atoms with Gasteiger partial charge in [-0.15, -0.1) is 0 Å². The first-order chi connectivity index (χ1) is 11.9. The Bertz CT molecular complexity index is 993. The van der Waals surface area contributed by atoms with Crippen LogP contribution in [0.3, 0.4) is 0 Å². The van der Waals surface area contributed by atoms with E-state index < -0.39 is 5.66 Å². The third-order valence-electron chi connectivity index (χ3n) is 4.67.